The smallest absolute Gasteiger partial charge is 0.250 e. The largest absolute Gasteiger partial charge is 0.355 e. The standard InChI is InChI=1S/C27H26ClFN6O/c1-33(2)13-16-14-35-21(12-30-16)27(36)34(3)20-11-32-25-18(26(20)35)10-31-24(23(25)29)17-8-4-6-15-7-5-9-19(28)22(15)17/h4-11,16,21,30H,12-14H2,1-3H3/t16-,21-/m0/s1. The highest BCUT2D eigenvalue weighted by atomic mass is 35.5. The Hall–Kier alpha value is -3.33. The fraction of sp³-hybridized carbons (Fsp3) is 0.296. The normalized spacial score (nSPS) is 19.8. The van der Waals surface area contributed by atoms with Crippen LogP contribution in [-0.4, -0.2) is 73.6 Å². The van der Waals surface area contributed by atoms with Gasteiger partial charge in [-0.05, 0) is 25.5 Å². The molecule has 2 aliphatic rings. The van der Waals surface area contributed by atoms with Gasteiger partial charge in [0.05, 0.1) is 17.6 Å². The van der Waals surface area contributed by atoms with Crippen LogP contribution in [0, 0.1) is 5.82 Å². The van der Waals surface area contributed by atoms with E-state index in [1.165, 1.54) is 0 Å². The number of aromatic nitrogens is 2. The van der Waals surface area contributed by atoms with E-state index >= 15 is 4.39 Å². The molecule has 184 valence electrons. The van der Waals surface area contributed by atoms with Crippen LogP contribution in [0.4, 0.5) is 15.8 Å². The second-order valence-corrected chi connectivity index (χ2v) is 10.2. The first kappa shape index (κ1) is 23.1. The van der Waals surface area contributed by atoms with Gasteiger partial charge < -0.3 is 20.0 Å². The van der Waals surface area contributed by atoms with Crippen molar-refractivity contribution in [3.8, 4) is 11.3 Å². The third kappa shape index (κ3) is 3.51. The molecule has 0 unspecified atom stereocenters. The number of likely N-dealkylation sites (N-methyl/N-ethyl adjacent to an activating group) is 2. The van der Waals surface area contributed by atoms with Gasteiger partial charge in [-0.15, -0.1) is 0 Å². The number of anilines is 2. The van der Waals surface area contributed by atoms with Gasteiger partial charge in [0.25, 0.3) is 5.91 Å². The predicted molar refractivity (Wildman–Crippen MR) is 142 cm³/mol. The van der Waals surface area contributed by atoms with Gasteiger partial charge in [0, 0.05) is 60.3 Å². The van der Waals surface area contributed by atoms with Gasteiger partial charge in [-0.2, -0.15) is 0 Å². The molecule has 7 nitrogen and oxygen atoms in total. The predicted octanol–water partition coefficient (Wildman–Crippen LogP) is 3.93. The van der Waals surface area contributed by atoms with E-state index in [9.17, 15) is 4.79 Å². The zero-order chi connectivity index (χ0) is 25.1. The molecule has 36 heavy (non-hydrogen) atoms. The summed E-state index contributed by atoms with van der Waals surface area (Å²) in [5.41, 5.74) is 2.52. The van der Waals surface area contributed by atoms with E-state index in [1.807, 2.05) is 44.4 Å². The van der Waals surface area contributed by atoms with Crippen LogP contribution in [0.2, 0.25) is 5.02 Å². The summed E-state index contributed by atoms with van der Waals surface area (Å²) in [6.45, 7) is 1.97. The Morgan fingerprint density at radius 3 is 2.72 bits per heavy atom. The maximum atomic E-state index is 16.1. The lowest BCUT2D eigenvalue weighted by Gasteiger charge is -2.47. The van der Waals surface area contributed by atoms with Crippen LogP contribution in [0.15, 0.2) is 48.8 Å². The number of amides is 1. The fourth-order valence-electron chi connectivity index (χ4n) is 5.52. The van der Waals surface area contributed by atoms with Crippen molar-refractivity contribution in [3.05, 3.63) is 59.6 Å². The first-order valence-corrected chi connectivity index (χ1v) is 12.3. The van der Waals surface area contributed by atoms with Gasteiger partial charge in [-0.1, -0.05) is 41.9 Å². The van der Waals surface area contributed by atoms with Crippen LogP contribution in [0.25, 0.3) is 32.9 Å². The molecular formula is C27H26ClFN6O. The number of pyridine rings is 2. The molecule has 2 aromatic carbocycles. The average molecular weight is 505 g/mol. The Morgan fingerprint density at radius 1 is 1.17 bits per heavy atom. The molecule has 2 aromatic heterocycles. The van der Waals surface area contributed by atoms with Gasteiger partial charge in [0.1, 0.15) is 17.3 Å². The summed E-state index contributed by atoms with van der Waals surface area (Å²) in [4.78, 5) is 28.1. The molecule has 0 saturated carbocycles. The Morgan fingerprint density at radius 2 is 1.94 bits per heavy atom. The number of carbonyl (C=O) groups is 1. The molecule has 6 rings (SSSR count). The molecular weight excluding hydrogens is 479 g/mol. The average Bonchev–Trinajstić information content (AvgIpc) is 2.86. The number of rotatable bonds is 3. The molecule has 0 aliphatic carbocycles. The minimum absolute atomic E-state index is 0.00472. The summed E-state index contributed by atoms with van der Waals surface area (Å²) in [7, 11) is 5.79. The zero-order valence-electron chi connectivity index (χ0n) is 20.3. The summed E-state index contributed by atoms with van der Waals surface area (Å²) in [6, 6.07) is 11.1. The van der Waals surface area contributed by atoms with Crippen molar-refractivity contribution in [2.75, 3.05) is 50.6 Å². The summed E-state index contributed by atoms with van der Waals surface area (Å²) in [5, 5.41) is 6.29. The Kier molecular flexibility index (Phi) is 5.55. The van der Waals surface area contributed by atoms with Crippen molar-refractivity contribution in [3.63, 3.8) is 0 Å². The lowest BCUT2D eigenvalue weighted by molar-refractivity contribution is -0.120. The lowest BCUT2D eigenvalue weighted by Crippen LogP contribution is -2.65. The minimum Gasteiger partial charge on any atom is -0.355 e. The third-order valence-electron chi connectivity index (χ3n) is 7.16. The van der Waals surface area contributed by atoms with Crippen molar-refractivity contribution in [1.29, 1.82) is 0 Å². The molecule has 0 spiro atoms. The SMILES string of the molecule is CN(C)C[C@H]1CN2c3c(cnc4c(F)c(-c5cccc6cccc(Cl)c56)ncc34)N(C)C(=O)[C@@H]2CN1. The first-order chi connectivity index (χ1) is 17.3. The molecule has 4 aromatic rings. The van der Waals surface area contributed by atoms with Crippen molar-refractivity contribution in [2.24, 2.45) is 0 Å². The molecule has 1 amide bonds. The summed E-state index contributed by atoms with van der Waals surface area (Å²) in [6.07, 6.45) is 3.27. The van der Waals surface area contributed by atoms with E-state index in [-0.39, 0.29) is 29.2 Å². The van der Waals surface area contributed by atoms with E-state index in [2.05, 4.69) is 25.1 Å². The molecule has 2 aliphatic heterocycles. The number of fused-ring (bicyclic) bond motifs is 6. The molecule has 0 radical (unpaired) electrons. The first-order valence-electron chi connectivity index (χ1n) is 11.9. The number of benzene rings is 2. The van der Waals surface area contributed by atoms with Gasteiger partial charge in [-0.25, -0.2) is 4.39 Å². The summed E-state index contributed by atoms with van der Waals surface area (Å²) in [5.74, 6) is -0.506. The van der Waals surface area contributed by atoms with Crippen molar-refractivity contribution in [2.45, 2.75) is 12.1 Å². The monoisotopic (exact) mass is 504 g/mol. The number of hydrogen-bond acceptors (Lipinski definition) is 6. The highest BCUT2D eigenvalue weighted by molar-refractivity contribution is 6.36. The second-order valence-electron chi connectivity index (χ2n) is 9.75. The molecule has 1 N–H and O–H groups in total. The summed E-state index contributed by atoms with van der Waals surface area (Å²) >= 11 is 6.51. The number of piperazine rings is 1. The van der Waals surface area contributed by atoms with Crippen LogP contribution in [0.1, 0.15) is 0 Å². The molecule has 0 bridgehead atoms. The van der Waals surface area contributed by atoms with Gasteiger partial charge in [0.2, 0.25) is 0 Å². The van der Waals surface area contributed by atoms with Crippen molar-refractivity contribution >= 4 is 50.6 Å². The Bertz CT molecular complexity index is 1520. The van der Waals surface area contributed by atoms with Crippen LogP contribution in [-0.2, 0) is 4.79 Å². The van der Waals surface area contributed by atoms with E-state index in [0.717, 1.165) is 23.0 Å². The molecule has 9 heteroatoms. The number of nitrogens with zero attached hydrogens (tertiary/aromatic N) is 5. The van der Waals surface area contributed by atoms with E-state index in [0.29, 0.717) is 34.7 Å². The van der Waals surface area contributed by atoms with Crippen molar-refractivity contribution in [1.82, 2.24) is 20.2 Å². The molecule has 1 saturated heterocycles. The molecule has 2 atom stereocenters. The van der Waals surface area contributed by atoms with Gasteiger partial charge in [0.15, 0.2) is 5.82 Å². The van der Waals surface area contributed by atoms with Crippen molar-refractivity contribution < 1.29 is 9.18 Å². The van der Waals surface area contributed by atoms with Gasteiger partial charge in [-0.3, -0.25) is 14.8 Å². The van der Waals surface area contributed by atoms with E-state index < -0.39 is 5.82 Å². The van der Waals surface area contributed by atoms with Crippen LogP contribution in [0.3, 0.4) is 0 Å². The zero-order valence-corrected chi connectivity index (χ0v) is 21.1. The van der Waals surface area contributed by atoms with E-state index in [1.54, 1.807) is 30.4 Å². The molecule has 1 fully saturated rings. The molecule has 4 heterocycles. The third-order valence-corrected chi connectivity index (χ3v) is 7.47. The second kappa shape index (κ2) is 8.65. The number of hydrogen-bond donors (Lipinski definition) is 1. The number of nitrogens with one attached hydrogen (secondary N) is 1. The van der Waals surface area contributed by atoms with E-state index in [4.69, 9.17) is 11.6 Å². The Balaban J connectivity index is 1.54. The van der Waals surface area contributed by atoms with Crippen LogP contribution < -0.4 is 15.1 Å². The number of carbonyl (C=O) groups excluding carboxylic acids is 1. The van der Waals surface area contributed by atoms with Gasteiger partial charge >= 0.3 is 0 Å². The quantitative estimate of drug-likeness (QED) is 0.456. The Labute approximate surface area is 213 Å². The highest BCUT2D eigenvalue weighted by Crippen LogP contribution is 2.43. The minimum atomic E-state index is -0.501. The highest BCUT2D eigenvalue weighted by Gasteiger charge is 2.41. The summed E-state index contributed by atoms with van der Waals surface area (Å²) < 4.78 is 16.1. The topological polar surface area (TPSA) is 64.6 Å². The van der Waals surface area contributed by atoms with Crippen LogP contribution >= 0.6 is 11.6 Å². The maximum absolute atomic E-state index is 16.1. The maximum Gasteiger partial charge on any atom is 0.250 e. The number of halogens is 2. The van der Waals surface area contributed by atoms with Crippen LogP contribution in [0.5, 0.6) is 0 Å². The lowest BCUT2D eigenvalue weighted by atomic mass is 9.98. The fourth-order valence-corrected chi connectivity index (χ4v) is 5.80.